The van der Waals surface area contributed by atoms with Gasteiger partial charge in [0.2, 0.25) is 0 Å². The first-order valence-corrected chi connectivity index (χ1v) is 11.0. The lowest BCUT2D eigenvalue weighted by atomic mass is 9.91. The lowest BCUT2D eigenvalue weighted by Crippen LogP contribution is -2.48. The number of nitrogens with zero attached hydrogens (tertiary/aromatic N) is 3. The maximum absolute atomic E-state index is 12.7. The van der Waals surface area contributed by atoms with Gasteiger partial charge in [-0.1, -0.05) is 18.2 Å². The molecular formula is C25H31N5O2. The van der Waals surface area contributed by atoms with Crippen molar-refractivity contribution in [1.82, 2.24) is 9.55 Å². The third-order valence-electron chi connectivity index (χ3n) is 6.52. The summed E-state index contributed by atoms with van der Waals surface area (Å²) >= 11 is 0. The summed E-state index contributed by atoms with van der Waals surface area (Å²) in [5.41, 5.74) is 10.8. The van der Waals surface area contributed by atoms with Gasteiger partial charge in [0.15, 0.2) is 5.82 Å². The molecule has 0 saturated carbocycles. The molecule has 32 heavy (non-hydrogen) atoms. The highest BCUT2D eigenvalue weighted by atomic mass is 16.3. The van der Waals surface area contributed by atoms with Crippen LogP contribution in [0.3, 0.4) is 0 Å². The lowest BCUT2D eigenvalue weighted by molar-refractivity contribution is 0.0250. The smallest absolute Gasteiger partial charge is 0.293 e. The Morgan fingerprint density at radius 1 is 1.12 bits per heavy atom. The molecule has 1 aliphatic heterocycles. The van der Waals surface area contributed by atoms with Crippen LogP contribution in [-0.4, -0.2) is 39.9 Å². The van der Waals surface area contributed by atoms with E-state index in [2.05, 4.69) is 35.1 Å². The number of nitrogens with two attached hydrogens (primary N) is 1. The molecule has 7 nitrogen and oxygen atoms in total. The van der Waals surface area contributed by atoms with E-state index in [1.807, 2.05) is 36.4 Å². The van der Waals surface area contributed by atoms with Gasteiger partial charge >= 0.3 is 0 Å². The number of aromatic nitrogens is 2. The van der Waals surface area contributed by atoms with E-state index in [0.717, 1.165) is 41.3 Å². The number of rotatable bonds is 5. The minimum atomic E-state index is -0.746. The summed E-state index contributed by atoms with van der Waals surface area (Å²) < 4.78 is 1.56. The van der Waals surface area contributed by atoms with Crippen LogP contribution < -0.4 is 21.5 Å². The Labute approximate surface area is 188 Å². The van der Waals surface area contributed by atoms with Gasteiger partial charge in [0.05, 0.1) is 11.3 Å². The Morgan fingerprint density at radius 3 is 2.47 bits per heavy atom. The van der Waals surface area contributed by atoms with E-state index < -0.39 is 5.60 Å². The second-order valence-electron chi connectivity index (χ2n) is 8.73. The second kappa shape index (κ2) is 8.76. The van der Waals surface area contributed by atoms with Crippen molar-refractivity contribution in [3.8, 4) is 11.3 Å². The molecule has 0 aliphatic carbocycles. The van der Waals surface area contributed by atoms with Gasteiger partial charge in [0.25, 0.3) is 5.56 Å². The van der Waals surface area contributed by atoms with E-state index >= 15 is 0 Å². The van der Waals surface area contributed by atoms with E-state index in [9.17, 15) is 9.90 Å². The molecule has 1 fully saturated rings. The van der Waals surface area contributed by atoms with E-state index in [1.165, 1.54) is 5.56 Å². The number of hydrogen-bond acceptors (Lipinski definition) is 6. The Morgan fingerprint density at radius 2 is 1.81 bits per heavy atom. The van der Waals surface area contributed by atoms with Crippen LogP contribution in [0.1, 0.15) is 24.0 Å². The third kappa shape index (κ3) is 4.40. The zero-order valence-corrected chi connectivity index (χ0v) is 18.9. The number of hydrogen-bond donors (Lipinski definition) is 3. The molecule has 4 N–H and O–H groups in total. The topological polar surface area (TPSA) is 96.4 Å². The van der Waals surface area contributed by atoms with Crippen molar-refractivity contribution in [2.45, 2.75) is 32.3 Å². The fourth-order valence-electron chi connectivity index (χ4n) is 4.12. The van der Waals surface area contributed by atoms with Crippen molar-refractivity contribution in [3.05, 3.63) is 70.1 Å². The molecule has 2 heterocycles. The van der Waals surface area contributed by atoms with Gasteiger partial charge in [0, 0.05) is 49.8 Å². The van der Waals surface area contributed by atoms with Crippen molar-refractivity contribution in [3.63, 3.8) is 0 Å². The van der Waals surface area contributed by atoms with Crippen LogP contribution >= 0.6 is 0 Å². The van der Waals surface area contributed by atoms with Crippen molar-refractivity contribution >= 4 is 17.2 Å². The van der Waals surface area contributed by atoms with Crippen LogP contribution in [0.2, 0.25) is 0 Å². The lowest BCUT2D eigenvalue weighted by Gasteiger charge is -2.38. The number of anilines is 3. The Balaban J connectivity index is 1.55. The second-order valence-corrected chi connectivity index (χ2v) is 8.73. The summed E-state index contributed by atoms with van der Waals surface area (Å²) in [6.45, 7) is 5.96. The Kier molecular flexibility index (Phi) is 6.04. The molecule has 0 bridgehead atoms. The highest BCUT2D eigenvalue weighted by Gasteiger charge is 2.30. The number of piperidine rings is 1. The van der Waals surface area contributed by atoms with E-state index in [-0.39, 0.29) is 5.56 Å². The third-order valence-corrected chi connectivity index (χ3v) is 6.52. The Hall–Kier alpha value is -3.16. The molecule has 0 spiro atoms. The molecule has 0 atom stereocenters. The zero-order valence-electron chi connectivity index (χ0n) is 18.9. The highest BCUT2D eigenvalue weighted by Crippen LogP contribution is 2.28. The first-order chi connectivity index (χ1) is 15.3. The van der Waals surface area contributed by atoms with Gasteiger partial charge < -0.3 is 25.6 Å². The monoisotopic (exact) mass is 433 g/mol. The van der Waals surface area contributed by atoms with Gasteiger partial charge in [-0.2, -0.15) is 0 Å². The van der Waals surface area contributed by atoms with Crippen LogP contribution in [0.4, 0.5) is 17.2 Å². The number of aryl methyl sites for hydroxylation is 2. The standard InChI is InChI=1S/C25H31N5O2/c1-17-5-4-6-21(18(17)2)22-15-29(3)24(31)23(28-22)27-19-7-9-20(10-8-19)30-13-11-25(32,16-26)12-14-30/h4-10,15,32H,11-14,16,26H2,1-3H3,(H,27,28). The van der Waals surface area contributed by atoms with Gasteiger partial charge in [0.1, 0.15) is 0 Å². The van der Waals surface area contributed by atoms with Crippen molar-refractivity contribution in [2.24, 2.45) is 12.8 Å². The molecule has 0 radical (unpaired) electrons. The fraction of sp³-hybridized carbons (Fsp3) is 0.360. The SMILES string of the molecule is Cc1cccc(-c2cn(C)c(=O)c(Nc3ccc(N4CCC(O)(CN)CC4)cc3)n2)c1C. The largest absolute Gasteiger partial charge is 0.388 e. The van der Waals surface area contributed by atoms with Crippen LogP contribution in [0.5, 0.6) is 0 Å². The van der Waals surface area contributed by atoms with E-state index in [0.29, 0.717) is 25.2 Å². The zero-order chi connectivity index (χ0) is 22.9. The highest BCUT2D eigenvalue weighted by molar-refractivity contribution is 5.67. The molecule has 1 aromatic heterocycles. The fourth-order valence-corrected chi connectivity index (χ4v) is 4.12. The molecule has 0 unspecified atom stereocenters. The summed E-state index contributed by atoms with van der Waals surface area (Å²) in [5.74, 6) is 0.296. The molecule has 168 valence electrons. The number of nitrogens with one attached hydrogen (secondary N) is 1. The molecule has 0 amide bonds. The van der Waals surface area contributed by atoms with Gasteiger partial charge in [-0.15, -0.1) is 0 Å². The van der Waals surface area contributed by atoms with Gasteiger partial charge in [-0.3, -0.25) is 4.79 Å². The minimum Gasteiger partial charge on any atom is -0.388 e. The molecular weight excluding hydrogens is 402 g/mol. The maximum Gasteiger partial charge on any atom is 0.293 e. The molecule has 2 aromatic carbocycles. The molecule has 3 aromatic rings. The molecule has 1 aliphatic rings. The van der Waals surface area contributed by atoms with Crippen molar-refractivity contribution < 1.29 is 5.11 Å². The van der Waals surface area contributed by atoms with E-state index in [4.69, 9.17) is 5.73 Å². The average molecular weight is 434 g/mol. The predicted molar refractivity (Wildman–Crippen MR) is 130 cm³/mol. The van der Waals surface area contributed by atoms with Gasteiger partial charge in [-0.05, 0) is 62.1 Å². The number of aliphatic hydroxyl groups is 1. The normalized spacial score (nSPS) is 15.6. The number of benzene rings is 2. The summed E-state index contributed by atoms with van der Waals surface area (Å²) in [4.78, 5) is 19.6. The summed E-state index contributed by atoms with van der Waals surface area (Å²) in [6.07, 6.45) is 3.10. The van der Waals surface area contributed by atoms with Crippen LogP contribution in [0.25, 0.3) is 11.3 Å². The van der Waals surface area contributed by atoms with E-state index in [1.54, 1.807) is 17.8 Å². The average Bonchev–Trinajstić information content (AvgIpc) is 2.80. The maximum atomic E-state index is 12.7. The van der Waals surface area contributed by atoms with Crippen LogP contribution in [0.15, 0.2) is 53.5 Å². The molecule has 1 saturated heterocycles. The first-order valence-electron chi connectivity index (χ1n) is 11.0. The van der Waals surface area contributed by atoms with Crippen LogP contribution in [-0.2, 0) is 7.05 Å². The molecule has 7 heteroatoms. The van der Waals surface area contributed by atoms with Crippen LogP contribution in [0, 0.1) is 13.8 Å². The minimum absolute atomic E-state index is 0.180. The van der Waals surface area contributed by atoms with Crippen molar-refractivity contribution in [1.29, 1.82) is 0 Å². The molecule has 4 rings (SSSR count). The summed E-state index contributed by atoms with van der Waals surface area (Å²) in [5, 5.41) is 13.5. The quantitative estimate of drug-likeness (QED) is 0.572. The van der Waals surface area contributed by atoms with Gasteiger partial charge in [-0.25, -0.2) is 4.98 Å². The van der Waals surface area contributed by atoms with Crippen molar-refractivity contribution in [2.75, 3.05) is 29.9 Å². The first kappa shape index (κ1) is 22.0. The predicted octanol–water partition coefficient (Wildman–Crippen LogP) is 3.10. The summed E-state index contributed by atoms with van der Waals surface area (Å²) in [7, 11) is 1.74. The Bertz CT molecular complexity index is 1160. The summed E-state index contributed by atoms with van der Waals surface area (Å²) in [6, 6.07) is 14.0.